The molecule has 1 fully saturated rings. The number of nitrogens with one attached hydrogen (secondary N) is 1. The molecule has 4 heteroatoms. The molecule has 0 heterocycles. The standard InChI is InChI=1S/C16H24N2O2/c1-16(2,3)20-15(19)17-12-10-14(11-12)18(4)13-8-6-5-7-9-13/h5-9,12,14H,10-11H2,1-4H3,(H,17,19). The predicted octanol–water partition coefficient (Wildman–Crippen LogP) is 3.18. The van der Waals surface area contributed by atoms with Crippen molar-refractivity contribution in [3.63, 3.8) is 0 Å². The van der Waals surface area contributed by atoms with Gasteiger partial charge in [-0.1, -0.05) is 18.2 Å². The van der Waals surface area contributed by atoms with Gasteiger partial charge in [-0.15, -0.1) is 0 Å². The first-order valence-corrected chi connectivity index (χ1v) is 7.12. The van der Waals surface area contributed by atoms with Crippen molar-refractivity contribution in [3.05, 3.63) is 30.3 Å². The number of hydrogen-bond acceptors (Lipinski definition) is 3. The minimum Gasteiger partial charge on any atom is -0.444 e. The zero-order valence-electron chi connectivity index (χ0n) is 12.7. The molecule has 0 unspecified atom stereocenters. The van der Waals surface area contributed by atoms with Gasteiger partial charge in [0.25, 0.3) is 0 Å². The number of carbonyl (C=O) groups is 1. The van der Waals surface area contributed by atoms with Gasteiger partial charge >= 0.3 is 6.09 Å². The van der Waals surface area contributed by atoms with Gasteiger partial charge in [0.2, 0.25) is 0 Å². The molecule has 1 amide bonds. The Balaban J connectivity index is 1.76. The third-order valence-corrected chi connectivity index (χ3v) is 3.55. The van der Waals surface area contributed by atoms with Crippen molar-refractivity contribution in [1.29, 1.82) is 0 Å². The maximum absolute atomic E-state index is 11.7. The molecule has 1 aromatic carbocycles. The van der Waals surface area contributed by atoms with E-state index in [1.165, 1.54) is 5.69 Å². The first-order valence-electron chi connectivity index (χ1n) is 7.12. The van der Waals surface area contributed by atoms with Crippen LogP contribution in [-0.2, 0) is 4.74 Å². The van der Waals surface area contributed by atoms with E-state index in [4.69, 9.17) is 4.74 Å². The summed E-state index contributed by atoms with van der Waals surface area (Å²) in [6.45, 7) is 5.62. The Morgan fingerprint density at radius 2 is 1.85 bits per heavy atom. The number of para-hydroxylation sites is 1. The molecule has 0 radical (unpaired) electrons. The van der Waals surface area contributed by atoms with Crippen LogP contribution in [-0.4, -0.2) is 30.8 Å². The summed E-state index contributed by atoms with van der Waals surface area (Å²) in [6.07, 6.45) is 1.61. The molecule has 0 bridgehead atoms. The van der Waals surface area contributed by atoms with Gasteiger partial charge in [0.15, 0.2) is 0 Å². The van der Waals surface area contributed by atoms with E-state index in [0.717, 1.165) is 12.8 Å². The van der Waals surface area contributed by atoms with Crippen LogP contribution < -0.4 is 10.2 Å². The second kappa shape index (κ2) is 5.73. The summed E-state index contributed by atoms with van der Waals surface area (Å²) in [7, 11) is 2.10. The van der Waals surface area contributed by atoms with Crippen molar-refractivity contribution in [2.75, 3.05) is 11.9 Å². The molecule has 4 nitrogen and oxygen atoms in total. The normalized spacial score (nSPS) is 21.8. The summed E-state index contributed by atoms with van der Waals surface area (Å²) in [5.41, 5.74) is 0.779. The number of hydrogen-bond donors (Lipinski definition) is 1. The van der Waals surface area contributed by atoms with Crippen LogP contribution in [0.25, 0.3) is 0 Å². The number of carbonyl (C=O) groups excluding carboxylic acids is 1. The number of amides is 1. The highest BCUT2D eigenvalue weighted by molar-refractivity contribution is 5.68. The molecule has 1 N–H and O–H groups in total. The largest absolute Gasteiger partial charge is 0.444 e. The van der Waals surface area contributed by atoms with E-state index in [1.54, 1.807) is 0 Å². The highest BCUT2D eigenvalue weighted by Crippen LogP contribution is 2.28. The molecular formula is C16H24N2O2. The fourth-order valence-electron chi connectivity index (χ4n) is 2.37. The van der Waals surface area contributed by atoms with Crippen molar-refractivity contribution >= 4 is 11.8 Å². The Kier molecular flexibility index (Phi) is 4.21. The van der Waals surface area contributed by atoms with Crippen LogP contribution in [0.2, 0.25) is 0 Å². The average molecular weight is 276 g/mol. The lowest BCUT2D eigenvalue weighted by molar-refractivity contribution is 0.0471. The highest BCUT2D eigenvalue weighted by atomic mass is 16.6. The van der Waals surface area contributed by atoms with Gasteiger partial charge in [0.05, 0.1) is 0 Å². The SMILES string of the molecule is CN(c1ccccc1)C1CC(NC(=O)OC(C)(C)C)C1. The molecule has 110 valence electrons. The topological polar surface area (TPSA) is 41.6 Å². The van der Waals surface area contributed by atoms with Gasteiger partial charge < -0.3 is 15.0 Å². The quantitative estimate of drug-likeness (QED) is 0.922. The lowest BCUT2D eigenvalue weighted by atomic mass is 9.85. The first-order chi connectivity index (χ1) is 9.35. The summed E-state index contributed by atoms with van der Waals surface area (Å²) in [5, 5.41) is 2.92. The Morgan fingerprint density at radius 1 is 1.25 bits per heavy atom. The van der Waals surface area contributed by atoms with Crippen molar-refractivity contribution in [2.24, 2.45) is 0 Å². The van der Waals surface area contributed by atoms with E-state index in [-0.39, 0.29) is 12.1 Å². The van der Waals surface area contributed by atoms with Crippen LogP contribution in [0.15, 0.2) is 30.3 Å². The van der Waals surface area contributed by atoms with Crippen LogP contribution in [0.1, 0.15) is 33.6 Å². The van der Waals surface area contributed by atoms with Crippen molar-refractivity contribution < 1.29 is 9.53 Å². The van der Waals surface area contributed by atoms with E-state index in [9.17, 15) is 4.79 Å². The molecule has 1 aliphatic rings. The van der Waals surface area contributed by atoms with Gasteiger partial charge in [-0.05, 0) is 45.7 Å². The minimum atomic E-state index is -0.436. The van der Waals surface area contributed by atoms with Gasteiger partial charge in [-0.25, -0.2) is 4.79 Å². The molecule has 0 aliphatic heterocycles. The molecule has 0 aromatic heterocycles. The van der Waals surface area contributed by atoms with Crippen LogP contribution in [0.4, 0.5) is 10.5 Å². The predicted molar refractivity (Wildman–Crippen MR) is 81.0 cm³/mol. The van der Waals surface area contributed by atoms with E-state index in [1.807, 2.05) is 39.0 Å². The fourth-order valence-corrected chi connectivity index (χ4v) is 2.37. The molecule has 0 spiro atoms. The lowest BCUT2D eigenvalue weighted by Gasteiger charge is -2.42. The van der Waals surface area contributed by atoms with Crippen LogP contribution in [0.3, 0.4) is 0 Å². The van der Waals surface area contributed by atoms with Crippen molar-refractivity contribution in [3.8, 4) is 0 Å². The molecular weight excluding hydrogens is 252 g/mol. The monoisotopic (exact) mass is 276 g/mol. The fraction of sp³-hybridized carbons (Fsp3) is 0.562. The summed E-state index contributed by atoms with van der Waals surface area (Å²) >= 11 is 0. The summed E-state index contributed by atoms with van der Waals surface area (Å²) in [6, 6.07) is 11.0. The third-order valence-electron chi connectivity index (χ3n) is 3.55. The number of rotatable bonds is 3. The van der Waals surface area contributed by atoms with Crippen LogP contribution in [0.5, 0.6) is 0 Å². The molecule has 1 aromatic rings. The highest BCUT2D eigenvalue weighted by Gasteiger charge is 2.34. The second-order valence-electron chi connectivity index (χ2n) is 6.41. The number of benzene rings is 1. The van der Waals surface area contributed by atoms with Gasteiger partial charge in [0, 0.05) is 24.8 Å². The van der Waals surface area contributed by atoms with E-state index < -0.39 is 5.60 Å². The number of anilines is 1. The molecule has 0 atom stereocenters. The van der Waals surface area contributed by atoms with E-state index >= 15 is 0 Å². The summed E-state index contributed by atoms with van der Waals surface area (Å²) in [5.74, 6) is 0. The minimum absolute atomic E-state index is 0.223. The zero-order valence-corrected chi connectivity index (χ0v) is 12.7. The van der Waals surface area contributed by atoms with Crippen molar-refractivity contribution in [2.45, 2.75) is 51.3 Å². The van der Waals surface area contributed by atoms with Crippen LogP contribution in [0, 0.1) is 0 Å². The second-order valence-corrected chi connectivity index (χ2v) is 6.41. The van der Waals surface area contributed by atoms with E-state index in [0.29, 0.717) is 6.04 Å². The smallest absolute Gasteiger partial charge is 0.407 e. The Morgan fingerprint density at radius 3 is 2.40 bits per heavy atom. The number of nitrogens with zero attached hydrogens (tertiary/aromatic N) is 1. The van der Waals surface area contributed by atoms with Gasteiger partial charge in [-0.3, -0.25) is 0 Å². The van der Waals surface area contributed by atoms with Crippen LogP contribution >= 0.6 is 0 Å². The Labute approximate surface area is 121 Å². The number of alkyl carbamates (subject to hydrolysis) is 1. The first kappa shape index (κ1) is 14.7. The van der Waals surface area contributed by atoms with Crippen molar-refractivity contribution in [1.82, 2.24) is 5.32 Å². The third kappa shape index (κ3) is 3.89. The molecule has 20 heavy (non-hydrogen) atoms. The van der Waals surface area contributed by atoms with E-state index in [2.05, 4.69) is 29.4 Å². The molecule has 1 aliphatic carbocycles. The molecule has 1 saturated carbocycles. The zero-order chi connectivity index (χ0) is 14.8. The lowest BCUT2D eigenvalue weighted by Crippen LogP contribution is -2.53. The Bertz CT molecular complexity index is 447. The maximum Gasteiger partial charge on any atom is 0.407 e. The average Bonchev–Trinajstić information content (AvgIpc) is 2.31. The summed E-state index contributed by atoms with van der Waals surface area (Å²) in [4.78, 5) is 13.9. The summed E-state index contributed by atoms with van der Waals surface area (Å²) < 4.78 is 5.26. The van der Waals surface area contributed by atoms with Gasteiger partial charge in [-0.2, -0.15) is 0 Å². The van der Waals surface area contributed by atoms with Gasteiger partial charge in [0.1, 0.15) is 5.60 Å². The number of ether oxygens (including phenoxy) is 1. The Hall–Kier alpha value is -1.71. The molecule has 0 saturated heterocycles. The maximum atomic E-state index is 11.7. The molecule has 2 rings (SSSR count).